The Bertz CT molecular complexity index is 622. The second-order valence-corrected chi connectivity index (χ2v) is 7.81. The van der Waals surface area contributed by atoms with E-state index in [1.165, 1.54) is 4.31 Å². The van der Waals surface area contributed by atoms with Gasteiger partial charge in [0.2, 0.25) is 15.9 Å². The van der Waals surface area contributed by atoms with Gasteiger partial charge in [-0.1, -0.05) is 12.2 Å². The molecule has 3 rings (SSSR count). The lowest BCUT2D eigenvalue weighted by atomic mass is 9.82. The number of aliphatic carboxylic acids is 1. The first-order valence-corrected chi connectivity index (χ1v) is 8.94. The minimum Gasteiger partial charge on any atom is -0.481 e. The molecule has 0 aromatic carbocycles. The molecule has 2 saturated heterocycles. The van der Waals surface area contributed by atoms with Gasteiger partial charge in [-0.05, 0) is 0 Å². The zero-order valence-corrected chi connectivity index (χ0v) is 12.9. The maximum absolute atomic E-state index is 12.6. The van der Waals surface area contributed by atoms with Crippen molar-refractivity contribution in [1.29, 1.82) is 0 Å². The summed E-state index contributed by atoms with van der Waals surface area (Å²) in [6.45, 7) is 1.02. The van der Waals surface area contributed by atoms with E-state index < -0.39 is 40.0 Å². The Morgan fingerprint density at radius 3 is 2.14 bits per heavy atom. The number of sulfonamides is 1. The van der Waals surface area contributed by atoms with Gasteiger partial charge >= 0.3 is 5.97 Å². The molecular formula is C13H18N2O6S. The van der Waals surface area contributed by atoms with E-state index in [2.05, 4.69) is 0 Å². The first kappa shape index (κ1) is 15.4. The largest absolute Gasteiger partial charge is 0.481 e. The minimum atomic E-state index is -3.26. The fourth-order valence-electron chi connectivity index (χ4n) is 3.35. The Hall–Kier alpha value is -1.45. The average molecular weight is 330 g/mol. The van der Waals surface area contributed by atoms with Crippen molar-refractivity contribution in [3.63, 3.8) is 0 Å². The molecule has 4 atom stereocenters. The predicted molar refractivity (Wildman–Crippen MR) is 75.4 cm³/mol. The van der Waals surface area contributed by atoms with Crippen LogP contribution in [0.25, 0.3) is 0 Å². The van der Waals surface area contributed by atoms with Crippen LogP contribution < -0.4 is 0 Å². The summed E-state index contributed by atoms with van der Waals surface area (Å²) >= 11 is 0. The Labute approximate surface area is 128 Å². The molecule has 3 aliphatic heterocycles. The molecule has 0 aromatic rings. The van der Waals surface area contributed by atoms with Crippen LogP contribution >= 0.6 is 0 Å². The number of rotatable bonds is 3. The third kappa shape index (κ3) is 2.53. The van der Waals surface area contributed by atoms with Crippen molar-refractivity contribution < 1.29 is 27.9 Å². The summed E-state index contributed by atoms with van der Waals surface area (Å²) in [6, 6.07) is 0. The monoisotopic (exact) mass is 330 g/mol. The molecular weight excluding hydrogens is 312 g/mol. The third-order valence-corrected chi connectivity index (χ3v) is 5.79. The number of carboxylic acid groups (broad SMARTS) is 1. The van der Waals surface area contributed by atoms with E-state index >= 15 is 0 Å². The van der Waals surface area contributed by atoms with E-state index in [9.17, 15) is 23.1 Å². The van der Waals surface area contributed by atoms with Crippen molar-refractivity contribution in [2.24, 2.45) is 11.8 Å². The summed E-state index contributed by atoms with van der Waals surface area (Å²) in [5.41, 5.74) is 0. The van der Waals surface area contributed by atoms with Gasteiger partial charge in [-0.25, -0.2) is 8.42 Å². The molecule has 2 bridgehead atoms. The zero-order valence-electron chi connectivity index (χ0n) is 12.1. The third-order valence-electron chi connectivity index (χ3n) is 4.49. The lowest BCUT2D eigenvalue weighted by Crippen LogP contribution is -2.53. The fraction of sp³-hybridized carbons (Fsp3) is 0.692. The smallest absolute Gasteiger partial charge is 0.310 e. The molecule has 22 heavy (non-hydrogen) atoms. The molecule has 1 amide bonds. The SMILES string of the molecule is CS(=O)(=O)N1CCN(C(=O)[C@@H]2[C@@H](C(=O)O)[C@H]3C=C[C@@H]2O3)CC1. The molecule has 0 spiro atoms. The van der Waals surface area contributed by atoms with Crippen molar-refractivity contribution in [3.8, 4) is 0 Å². The number of fused-ring (bicyclic) bond motifs is 2. The van der Waals surface area contributed by atoms with Gasteiger partial charge in [0.25, 0.3) is 0 Å². The van der Waals surface area contributed by atoms with Crippen LogP contribution in [0.5, 0.6) is 0 Å². The standard InChI is InChI=1S/C13H18N2O6S/c1-22(19,20)15-6-4-14(5-7-15)12(16)10-8-2-3-9(21-8)11(10)13(17)18/h2-3,8-11H,4-7H2,1H3,(H,17,18)/t8-,9+,10-,11-/m0/s1. The van der Waals surface area contributed by atoms with E-state index in [0.717, 1.165) is 6.26 Å². The van der Waals surface area contributed by atoms with Crippen LogP contribution in [0.1, 0.15) is 0 Å². The highest BCUT2D eigenvalue weighted by molar-refractivity contribution is 7.88. The number of ether oxygens (including phenoxy) is 1. The van der Waals surface area contributed by atoms with Crippen molar-refractivity contribution in [2.45, 2.75) is 12.2 Å². The maximum atomic E-state index is 12.6. The second-order valence-electron chi connectivity index (χ2n) is 5.83. The van der Waals surface area contributed by atoms with Gasteiger partial charge in [0.15, 0.2) is 0 Å². The van der Waals surface area contributed by atoms with Gasteiger partial charge in [0.05, 0.1) is 24.4 Å². The molecule has 9 heteroatoms. The zero-order chi connectivity index (χ0) is 16.1. The molecule has 3 heterocycles. The minimum absolute atomic E-state index is 0.236. The summed E-state index contributed by atoms with van der Waals surface area (Å²) < 4.78 is 29.8. The van der Waals surface area contributed by atoms with Crippen LogP contribution in [-0.2, 0) is 24.3 Å². The number of nitrogens with zero attached hydrogens (tertiary/aromatic N) is 2. The van der Waals surface area contributed by atoms with E-state index in [4.69, 9.17) is 4.74 Å². The number of piperazine rings is 1. The fourth-order valence-corrected chi connectivity index (χ4v) is 4.17. The van der Waals surface area contributed by atoms with Crippen LogP contribution in [0.2, 0.25) is 0 Å². The molecule has 0 unspecified atom stereocenters. The van der Waals surface area contributed by atoms with Crippen molar-refractivity contribution in [1.82, 2.24) is 9.21 Å². The highest BCUT2D eigenvalue weighted by Crippen LogP contribution is 2.40. The van der Waals surface area contributed by atoms with E-state index in [1.54, 1.807) is 17.1 Å². The average Bonchev–Trinajstić information content (AvgIpc) is 3.06. The van der Waals surface area contributed by atoms with Crippen molar-refractivity contribution in [2.75, 3.05) is 32.4 Å². The van der Waals surface area contributed by atoms with Gasteiger partial charge in [-0.3, -0.25) is 9.59 Å². The van der Waals surface area contributed by atoms with Crippen LogP contribution in [-0.4, -0.2) is 79.2 Å². The number of amides is 1. The van der Waals surface area contributed by atoms with Gasteiger partial charge < -0.3 is 14.7 Å². The highest BCUT2D eigenvalue weighted by atomic mass is 32.2. The lowest BCUT2D eigenvalue weighted by Gasteiger charge is -2.36. The van der Waals surface area contributed by atoms with Crippen molar-refractivity contribution >= 4 is 21.9 Å². The first-order valence-electron chi connectivity index (χ1n) is 7.09. The molecule has 122 valence electrons. The van der Waals surface area contributed by atoms with E-state index in [0.29, 0.717) is 0 Å². The molecule has 1 N–H and O–H groups in total. The van der Waals surface area contributed by atoms with Crippen molar-refractivity contribution in [3.05, 3.63) is 12.2 Å². The number of hydrogen-bond acceptors (Lipinski definition) is 5. The number of carbonyl (C=O) groups is 2. The Kier molecular flexibility index (Phi) is 3.74. The molecule has 0 saturated carbocycles. The van der Waals surface area contributed by atoms with Gasteiger partial charge in [0, 0.05) is 26.2 Å². The van der Waals surface area contributed by atoms with E-state index in [1.807, 2.05) is 0 Å². The topological polar surface area (TPSA) is 104 Å². The Balaban J connectivity index is 1.70. The van der Waals surface area contributed by atoms with Crippen LogP contribution in [0.4, 0.5) is 0 Å². The van der Waals surface area contributed by atoms with Crippen LogP contribution in [0, 0.1) is 11.8 Å². The Morgan fingerprint density at radius 1 is 1.09 bits per heavy atom. The van der Waals surface area contributed by atoms with Crippen LogP contribution in [0.3, 0.4) is 0 Å². The molecule has 3 aliphatic rings. The molecule has 0 radical (unpaired) electrons. The molecule has 0 aliphatic carbocycles. The maximum Gasteiger partial charge on any atom is 0.310 e. The molecule has 8 nitrogen and oxygen atoms in total. The second kappa shape index (κ2) is 5.32. The lowest BCUT2D eigenvalue weighted by molar-refractivity contribution is -0.150. The number of carboxylic acids is 1. The molecule has 2 fully saturated rings. The summed E-state index contributed by atoms with van der Waals surface area (Å²) in [6.07, 6.45) is 3.52. The summed E-state index contributed by atoms with van der Waals surface area (Å²) in [7, 11) is -3.26. The summed E-state index contributed by atoms with van der Waals surface area (Å²) in [4.78, 5) is 25.6. The summed E-state index contributed by atoms with van der Waals surface area (Å²) in [5, 5.41) is 9.33. The normalized spacial score (nSPS) is 35.0. The summed E-state index contributed by atoms with van der Waals surface area (Å²) in [5.74, 6) is -2.89. The van der Waals surface area contributed by atoms with Gasteiger partial charge in [-0.15, -0.1) is 0 Å². The van der Waals surface area contributed by atoms with E-state index in [-0.39, 0.29) is 32.1 Å². The predicted octanol–water partition coefficient (Wildman–Crippen LogP) is -1.26. The van der Waals surface area contributed by atoms with Crippen LogP contribution in [0.15, 0.2) is 12.2 Å². The first-order chi connectivity index (χ1) is 10.3. The number of carbonyl (C=O) groups excluding carboxylic acids is 1. The van der Waals surface area contributed by atoms with Gasteiger partial charge in [0.1, 0.15) is 5.92 Å². The van der Waals surface area contributed by atoms with Gasteiger partial charge in [-0.2, -0.15) is 4.31 Å². The number of hydrogen-bond donors (Lipinski definition) is 1. The Morgan fingerprint density at radius 2 is 1.64 bits per heavy atom. The molecule has 0 aromatic heterocycles. The quantitative estimate of drug-likeness (QED) is 0.648. The highest BCUT2D eigenvalue weighted by Gasteiger charge is 2.54.